The van der Waals surface area contributed by atoms with Crippen molar-refractivity contribution in [2.24, 2.45) is 0 Å². The molecule has 1 aliphatic heterocycles. The number of anilines is 1. The molecule has 0 amide bonds. The number of benzene rings is 1. The highest BCUT2D eigenvalue weighted by Gasteiger charge is 2.24. The molecule has 0 aliphatic carbocycles. The number of hydrogen-bond donors (Lipinski definition) is 1. The smallest absolute Gasteiger partial charge is 0.324 e. The summed E-state index contributed by atoms with van der Waals surface area (Å²) in [7, 11) is 1.85. The molecule has 0 bridgehead atoms. The summed E-state index contributed by atoms with van der Waals surface area (Å²) in [5.41, 5.74) is 0.700. The molecule has 140 valence electrons. The van der Waals surface area contributed by atoms with Gasteiger partial charge in [-0.1, -0.05) is 28.4 Å². The van der Waals surface area contributed by atoms with Crippen molar-refractivity contribution in [1.29, 1.82) is 0 Å². The van der Waals surface area contributed by atoms with Crippen LogP contribution in [0.5, 0.6) is 0 Å². The van der Waals surface area contributed by atoms with E-state index in [2.05, 4.69) is 10.1 Å². The molecule has 2 aromatic rings. The van der Waals surface area contributed by atoms with Crippen LogP contribution in [0.4, 0.5) is 6.01 Å². The molecule has 1 aliphatic rings. The first-order valence-corrected chi connectivity index (χ1v) is 9.15. The second-order valence-electron chi connectivity index (χ2n) is 6.44. The minimum atomic E-state index is -0.810. The molecule has 1 atom stereocenters. The molecule has 26 heavy (non-hydrogen) atoms. The van der Waals surface area contributed by atoms with Gasteiger partial charge in [-0.15, -0.1) is 0 Å². The largest absolute Gasteiger partial charge is 0.480 e. The van der Waals surface area contributed by atoms with Gasteiger partial charge in [0, 0.05) is 34.7 Å². The van der Waals surface area contributed by atoms with E-state index in [-0.39, 0.29) is 12.6 Å². The Morgan fingerprint density at radius 1 is 1.31 bits per heavy atom. The summed E-state index contributed by atoms with van der Waals surface area (Å²) >= 11 is 12.1. The molecule has 3 rings (SSSR count). The van der Waals surface area contributed by atoms with E-state index >= 15 is 0 Å². The normalized spacial score (nSPS) is 18.2. The Kier molecular flexibility index (Phi) is 6.01. The Labute approximate surface area is 161 Å². The second kappa shape index (κ2) is 8.24. The molecule has 7 nitrogen and oxygen atoms in total. The lowest BCUT2D eigenvalue weighted by molar-refractivity contribution is -0.138. The number of hydrogen-bond acceptors (Lipinski definition) is 6. The molecule has 2 heterocycles. The zero-order valence-electron chi connectivity index (χ0n) is 14.4. The van der Waals surface area contributed by atoms with E-state index in [1.807, 2.05) is 16.8 Å². The Hall–Kier alpha value is -1.83. The van der Waals surface area contributed by atoms with Crippen molar-refractivity contribution in [1.82, 2.24) is 15.0 Å². The van der Waals surface area contributed by atoms with Gasteiger partial charge in [0.1, 0.15) is 0 Å². The maximum absolute atomic E-state index is 10.9. The van der Waals surface area contributed by atoms with Crippen LogP contribution in [0, 0.1) is 0 Å². The third-order valence-corrected chi connectivity index (χ3v) is 4.95. The number of aromatic nitrogens is 2. The van der Waals surface area contributed by atoms with Crippen molar-refractivity contribution in [2.75, 3.05) is 31.6 Å². The van der Waals surface area contributed by atoms with E-state index in [0.717, 1.165) is 32.4 Å². The van der Waals surface area contributed by atoms with Crippen LogP contribution in [-0.4, -0.2) is 58.8 Å². The van der Waals surface area contributed by atoms with Crippen LogP contribution >= 0.6 is 23.2 Å². The highest BCUT2D eigenvalue weighted by atomic mass is 35.5. The van der Waals surface area contributed by atoms with Gasteiger partial charge < -0.3 is 14.5 Å². The lowest BCUT2D eigenvalue weighted by atomic mass is 10.1. The first-order chi connectivity index (χ1) is 12.4. The van der Waals surface area contributed by atoms with Crippen LogP contribution in [0.15, 0.2) is 22.7 Å². The predicted molar refractivity (Wildman–Crippen MR) is 99.9 cm³/mol. The molecule has 1 fully saturated rings. The van der Waals surface area contributed by atoms with E-state index in [1.165, 1.54) is 0 Å². The molecular weight excluding hydrogens is 379 g/mol. The zero-order chi connectivity index (χ0) is 18.7. The van der Waals surface area contributed by atoms with Crippen LogP contribution in [0.1, 0.15) is 19.3 Å². The molecule has 1 aromatic carbocycles. The summed E-state index contributed by atoms with van der Waals surface area (Å²) < 4.78 is 5.43. The molecule has 1 aromatic heterocycles. The third kappa shape index (κ3) is 4.66. The van der Waals surface area contributed by atoms with Crippen LogP contribution in [-0.2, 0) is 4.79 Å². The Bertz CT molecular complexity index is 763. The van der Waals surface area contributed by atoms with Crippen LogP contribution in [0.3, 0.4) is 0 Å². The molecular formula is C17H20Cl2N4O3. The van der Waals surface area contributed by atoms with Crippen molar-refractivity contribution >= 4 is 35.2 Å². The zero-order valence-corrected chi connectivity index (χ0v) is 15.9. The van der Waals surface area contributed by atoms with Gasteiger partial charge in [0.25, 0.3) is 0 Å². The topological polar surface area (TPSA) is 82.7 Å². The number of rotatable bonds is 5. The van der Waals surface area contributed by atoms with Crippen LogP contribution < -0.4 is 4.90 Å². The summed E-state index contributed by atoms with van der Waals surface area (Å²) in [5, 5.41) is 14.0. The Morgan fingerprint density at radius 2 is 2.04 bits per heavy atom. The van der Waals surface area contributed by atoms with E-state index in [9.17, 15) is 4.79 Å². The number of aliphatic carboxylic acids is 1. The standard InChI is InChI=1S/C17H20Cl2N4O3/c1-22(10-15(24)25)14-3-2-5-23(6-4-14)17-20-16(21-26-17)11-7-12(18)9-13(19)8-11/h7-9,14H,2-6,10H2,1H3,(H,24,25). The van der Waals surface area contributed by atoms with Crippen molar-refractivity contribution in [2.45, 2.75) is 25.3 Å². The number of carboxylic acid groups (broad SMARTS) is 1. The predicted octanol–water partition coefficient (Wildman–Crippen LogP) is 3.42. The van der Waals surface area contributed by atoms with Crippen molar-refractivity contribution in [3.63, 3.8) is 0 Å². The molecule has 0 radical (unpaired) electrons. The fourth-order valence-corrected chi connectivity index (χ4v) is 3.72. The average Bonchev–Trinajstić information content (AvgIpc) is 2.91. The van der Waals surface area contributed by atoms with Crippen LogP contribution in [0.25, 0.3) is 11.4 Å². The highest BCUT2D eigenvalue weighted by molar-refractivity contribution is 6.35. The average molecular weight is 399 g/mol. The monoisotopic (exact) mass is 398 g/mol. The van der Waals surface area contributed by atoms with E-state index < -0.39 is 5.97 Å². The van der Waals surface area contributed by atoms with Gasteiger partial charge in [0.05, 0.1) is 6.54 Å². The van der Waals surface area contributed by atoms with Gasteiger partial charge in [-0.2, -0.15) is 4.98 Å². The first kappa shape index (κ1) is 18.9. The van der Waals surface area contributed by atoms with Gasteiger partial charge in [-0.25, -0.2) is 0 Å². The maximum atomic E-state index is 10.9. The number of carbonyl (C=O) groups is 1. The highest BCUT2D eigenvalue weighted by Crippen LogP contribution is 2.27. The van der Waals surface area contributed by atoms with Crippen molar-refractivity contribution < 1.29 is 14.4 Å². The molecule has 1 N–H and O–H groups in total. The lowest BCUT2D eigenvalue weighted by Crippen LogP contribution is -2.36. The minimum Gasteiger partial charge on any atom is -0.480 e. The summed E-state index contributed by atoms with van der Waals surface area (Å²) in [5.74, 6) is -0.372. The number of nitrogens with zero attached hydrogens (tertiary/aromatic N) is 4. The molecule has 0 saturated carbocycles. The van der Waals surface area contributed by atoms with Gasteiger partial charge in [-0.3, -0.25) is 9.69 Å². The van der Waals surface area contributed by atoms with Crippen molar-refractivity contribution in [3.05, 3.63) is 28.2 Å². The summed E-state index contributed by atoms with van der Waals surface area (Å²) in [4.78, 5) is 19.3. The molecule has 0 spiro atoms. The number of halogens is 2. The Morgan fingerprint density at radius 3 is 2.73 bits per heavy atom. The maximum Gasteiger partial charge on any atom is 0.324 e. The van der Waals surface area contributed by atoms with Gasteiger partial charge in [0.15, 0.2) is 0 Å². The minimum absolute atomic E-state index is 0.0465. The summed E-state index contributed by atoms with van der Waals surface area (Å²) in [6.07, 6.45) is 2.70. The summed E-state index contributed by atoms with van der Waals surface area (Å²) in [6, 6.07) is 5.81. The SMILES string of the molecule is CN(CC(=O)O)C1CCCN(c2nc(-c3cc(Cl)cc(Cl)c3)no2)CC1. The molecule has 1 saturated heterocycles. The Balaban J connectivity index is 1.69. The van der Waals surface area contributed by atoms with Gasteiger partial charge >= 0.3 is 12.0 Å². The fourth-order valence-electron chi connectivity index (χ4n) is 3.20. The lowest BCUT2D eigenvalue weighted by Gasteiger charge is -2.25. The van der Waals surface area contributed by atoms with Crippen LogP contribution in [0.2, 0.25) is 10.0 Å². The fraction of sp³-hybridized carbons (Fsp3) is 0.471. The summed E-state index contributed by atoms with van der Waals surface area (Å²) in [6.45, 7) is 1.56. The first-order valence-electron chi connectivity index (χ1n) is 8.39. The van der Waals surface area contributed by atoms with Gasteiger partial charge in [-0.05, 0) is 44.5 Å². The quantitative estimate of drug-likeness (QED) is 0.825. The molecule has 1 unspecified atom stereocenters. The third-order valence-electron chi connectivity index (χ3n) is 4.51. The van der Waals surface area contributed by atoms with Gasteiger partial charge in [0.2, 0.25) is 5.82 Å². The molecule has 9 heteroatoms. The number of carboxylic acids is 1. The number of likely N-dealkylation sites (N-methyl/N-ethyl adjacent to an activating group) is 1. The van der Waals surface area contributed by atoms with E-state index in [4.69, 9.17) is 32.8 Å². The second-order valence-corrected chi connectivity index (χ2v) is 7.31. The van der Waals surface area contributed by atoms with E-state index in [0.29, 0.717) is 27.4 Å². The van der Waals surface area contributed by atoms with E-state index in [1.54, 1.807) is 18.2 Å². The van der Waals surface area contributed by atoms with Crippen molar-refractivity contribution in [3.8, 4) is 11.4 Å².